The molecule has 202 valence electrons. The number of nitrogens with zero attached hydrogens (tertiary/aromatic N) is 6. The van der Waals surface area contributed by atoms with Crippen molar-refractivity contribution in [1.29, 1.82) is 0 Å². The van der Waals surface area contributed by atoms with Crippen LogP contribution in [0.1, 0.15) is 57.7 Å². The van der Waals surface area contributed by atoms with Gasteiger partial charge in [0.05, 0.1) is 46.2 Å². The predicted molar refractivity (Wildman–Crippen MR) is 140 cm³/mol. The summed E-state index contributed by atoms with van der Waals surface area (Å²) in [5, 5.41) is 8.36. The molecule has 0 radical (unpaired) electrons. The van der Waals surface area contributed by atoms with Gasteiger partial charge < -0.3 is 4.57 Å². The summed E-state index contributed by atoms with van der Waals surface area (Å²) in [4.78, 5) is 33.0. The molecule has 2 aromatic heterocycles. The Morgan fingerprint density at radius 1 is 0.850 bits per heavy atom. The maximum atomic E-state index is 13.4. The van der Waals surface area contributed by atoms with Crippen molar-refractivity contribution in [1.82, 2.24) is 29.4 Å². The number of carbonyl (C=O) groups is 2. The lowest BCUT2D eigenvalue weighted by Crippen LogP contribution is -2.38. The number of benzene rings is 3. The molecule has 1 aliphatic heterocycles. The van der Waals surface area contributed by atoms with Crippen molar-refractivity contribution in [3.05, 3.63) is 107 Å². The highest BCUT2D eigenvalue weighted by molar-refractivity contribution is 6.21. The second-order valence-corrected chi connectivity index (χ2v) is 9.96. The van der Waals surface area contributed by atoms with E-state index in [9.17, 15) is 22.8 Å². The topological polar surface area (TPSA) is 85.9 Å². The first-order chi connectivity index (χ1) is 19.1. The molecule has 0 bridgehead atoms. The number of imidazole rings is 1. The number of carbonyl (C=O) groups excluding carboxylic acids is 2. The average Bonchev–Trinajstić information content (AvgIpc) is 3.61. The normalized spacial score (nSPS) is 14.4. The largest absolute Gasteiger partial charge is 0.416 e. The molecule has 0 N–H and O–H groups in total. The summed E-state index contributed by atoms with van der Waals surface area (Å²) in [6.45, 7) is 4.07. The molecule has 1 atom stereocenters. The van der Waals surface area contributed by atoms with Crippen molar-refractivity contribution < 1.29 is 22.8 Å². The lowest BCUT2D eigenvalue weighted by Gasteiger charge is -2.29. The minimum absolute atomic E-state index is 0.166. The lowest BCUT2D eigenvalue weighted by molar-refractivity contribution is -0.137. The lowest BCUT2D eigenvalue weighted by atomic mass is 10.0. The van der Waals surface area contributed by atoms with Crippen molar-refractivity contribution in [3.63, 3.8) is 0 Å². The zero-order chi connectivity index (χ0) is 28.2. The monoisotopic (exact) mass is 544 g/mol. The number of para-hydroxylation sites is 2. The Balaban J connectivity index is 1.39. The standard InChI is InChI=1S/C29H23F3N6O2/c1-17(2)25(38-27(39)21-7-3-4-8-22(21)28(38)40)26-33-23-9-5-6-10-24(23)36(26)15-19-16-37(35-34-19)20-13-11-18(12-14-20)29(30,31)32/h3-14,16-17,25H,15H2,1-2H3/t25-/m1/s1. The summed E-state index contributed by atoms with van der Waals surface area (Å²) < 4.78 is 42.2. The minimum atomic E-state index is -4.43. The highest BCUT2D eigenvalue weighted by atomic mass is 19.4. The molecule has 11 heteroatoms. The number of fused-ring (bicyclic) bond motifs is 2. The Hall–Kier alpha value is -4.80. The fourth-order valence-electron chi connectivity index (χ4n) is 5.12. The molecule has 40 heavy (non-hydrogen) atoms. The second-order valence-electron chi connectivity index (χ2n) is 9.96. The molecule has 0 fully saturated rings. The first kappa shape index (κ1) is 25.5. The van der Waals surface area contributed by atoms with Crippen molar-refractivity contribution in [3.8, 4) is 5.69 Å². The summed E-state index contributed by atoms with van der Waals surface area (Å²) in [6.07, 6.45) is -2.80. The van der Waals surface area contributed by atoms with Gasteiger partial charge in [-0.25, -0.2) is 9.67 Å². The van der Waals surface area contributed by atoms with Gasteiger partial charge in [-0.05, 0) is 54.4 Å². The van der Waals surface area contributed by atoms with Crippen LogP contribution in [-0.4, -0.2) is 41.3 Å². The van der Waals surface area contributed by atoms with Crippen LogP contribution in [0.25, 0.3) is 16.7 Å². The van der Waals surface area contributed by atoms with Gasteiger partial charge in [0.15, 0.2) is 0 Å². The van der Waals surface area contributed by atoms with Crippen LogP contribution in [-0.2, 0) is 12.7 Å². The molecule has 3 heterocycles. The molecule has 6 rings (SSSR count). The number of rotatable bonds is 6. The van der Waals surface area contributed by atoms with Gasteiger partial charge >= 0.3 is 6.18 Å². The Morgan fingerprint density at radius 3 is 2.10 bits per heavy atom. The van der Waals surface area contributed by atoms with Crippen molar-refractivity contribution >= 4 is 22.8 Å². The van der Waals surface area contributed by atoms with E-state index in [4.69, 9.17) is 4.98 Å². The number of imide groups is 1. The Labute approximate surface area is 226 Å². The number of hydrogen-bond donors (Lipinski definition) is 0. The van der Waals surface area contributed by atoms with Crippen LogP contribution in [0.4, 0.5) is 13.2 Å². The molecule has 2 amide bonds. The van der Waals surface area contributed by atoms with Gasteiger partial charge in [0, 0.05) is 0 Å². The van der Waals surface area contributed by atoms with E-state index in [2.05, 4.69) is 10.3 Å². The van der Waals surface area contributed by atoms with Crippen LogP contribution in [0.2, 0.25) is 0 Å². The van der Waals surface area contributed by atoms with Crippen LogP contribution in [0.3, 0.4) is 0 Å². The molecule has 0 aliphatic carbocycles. The Kier molecular flexibility index (Phi) is 6.01. The number of amides is 2. The summed E-state index contributed by atoms with van der Waals surface area (Å²) in [7, 11) is 0. The van der Waals surface area contributed by atoms with E-state index in [0.29, 0.717) is 33.8 Å². The van der Waals surface area contributed by atoms with Crippen molar-refractivity contribution in [2.45, 2.75) is 32.6 Å². The van der Waals surface area contributed by atoms with Crippen LogP contribution in [0.5, 0.6) is 0 Å². The van der Waals surface area contributed by atoms with E-state index in [1.54, 1.807) is 30.5 Å². The zero-order valence-electron chi connectivity index (χ0n) is 21.5. The number of aromatic nitrogens is 5. The van der Waals surface area contributed by atoms with E-state index in [-0.39, 0.29) is 24.3 Å². The maximum Gasteiger partial charge on any atom is 0.416 e. The fraction of sp³-hybridized carbons (Fsp3) is 0.207. The van der Waals surface area contributed by atoms with Crippen LogP contribution < -0.4 is 0 Å². The predicted octanol–water partition coefficient (Wildman–Crippen LogP) is 5.68. The van der Waals surface area contributed by atoms with Crippen molar-refractivity contribution in [2.75, 3.05) is 0 Å². The van der Waals surface area contributed by atoms with Gasteiger partial charge in [0.1, 0.15) is 17.6 Å². The van der Waals surface area contributed by atoms with Crippen LogP contribution in [0.15, 0.2) is 79.0 Å². The highest BCUT2D eigenvalue weighted by Crippen LogP contribution is 2.37. The highest BCUT2D eigenvalue weighted by Gasteiger charge is 2.43. The second kappa shape index (κ2) is 9.44. The summed E-state index contributed by atoms with van der Waals surface area (Å²) in [6, 6.07) is 18.2. The van der Waals surface area contributed by atoms with Gasteiger partial charge in [-0.1, -0.05) is 43.3 Å². The van der Waals surface area contributed by atoms with Crippen LogP contribution >= 0.6 is 0 Å². The molecule has 3 aromatic carbocycles. The minimum Gasteiger partial charge on any atom is -0.320 e. The molecule has 0 saturated carbocycles. The van der Waals surface area contributed by atoms with Gasteiger partial charge in [-0.2, -0.15) is 13.2 Å². The number of hydrogen-bond acceptors (Lipinski definition) is 5. The molecule has 5 aromatic rings. The molecule has 0 unspecified atom stereocenters. The first-order valence-electron chi connectivity index (χ1n) is 12.6. The summed E-state index contributed by atoms with van der Waals surface area (Å²) >= 11 is 0. The Morgan fingerprint density at radius 2 is 1.48 bits per heavy atom. The van der Waals surface area contributed by atoms with Gasteiger partial charge in [-0.15, -0.1) is 5.10 Å². The summed E-state index contributed by atoms with van der Waals surface area (Å²) in [5.74, 6) is -0.382. The number of halogens is 3. The number of alkyl halides is 3. The third-order valence-electron chi connectivity index (χ3n) is 7.00. The van der Waals surface area contributed by atoms with Crippen molar-refractivity contribution in [2.24, 2.45) is 5.92 Å². The van der Waals surface area contributed by atoms with E-state index in [1.165, 1.54) is 21.7 Å². The smallest absolute Gasteiger partial charge is 0.320 e. The van der Waals surface area contributed by atoms with E-state index in [1.807, 2.05) is 42.7 Å². The third-order valence-corrected chi connectivity index (χ3v) is 7.00. The first-order valence-corrected chi connectivity index (χ1v) is 12.6. The SMILES string of the molecule is CC(C)[C@H](c1nc2ccccc2n1Cc1cn(-c2ccc(C(F)(F)F)cc2)nn1)N1C(=O)c2ccccc2C1=O. The quantitative estimate of drug-likeness (QED) is 0.257. The van der Waals surface area contributed by atoms with Gasteiger partial charge in [-0.3, -0.25) is 14.5 Å². The van der Waals surface area contributed by atoms with Gasteiger partial charge in [0.2, 0.25) is 0 Å². The molecule has 0 saturated heterocycles. The molecule has 0 spiro atoms. The average molecular weight is 545 g/mol. The molecular formula is C29H23F3N6O2. The molecular weight excluding hydrogens is 521 g/mol. The third kappa shape index (κ3) is 4.23. The van der Waals surface area contributed by atoms with E-state index >= 15 is 0 Å². The van der Waals surface area contributed by atoms with E-state index in [0.717, 1.165) is 17.6 Å². The Bertz CT molecular complexity index is 1720. The molecule has 8 nitrogen and oxygen atoms in total. The fourth-order valence-corrected chi connectivity index (χ4v) is 5.12. The summed E-state index contributed by atoms with van der Waals surface area (Å²) in [5.41, 5.74) is 2.39. The van der Waals surface area contributed by atoms with E-state index < -0.39 is 17.8 Å². The van der Waals surface area contributed by atoms with Crippen LogP contribution in [0, 0.1) is 5.92 Å². The maximum absolute atomic E-state index is 13.4. The zero-order valence-corrected chi connectivity index (χ0v) is 21.5. The molecule has 1 aliphatic rings. The van der Waals surface area contributed by atoms with Gasteiger partial charge in [0.25, 0.3) is 11.8 Å².